The summed E-state index contributed by atoms with van der Waals surface area (Å²) in [6.45, 7) is 0. The van der Waals surface area contributed by atoms with Crippen molar-refractivity contribution in [3.05, 3.63) is 5.53 Å². The quantitative estimate of drug-likeness (QED) is 0.292. The molecule has 0 heterocycles. The standard InChI is InChI=1S/C2H6N6/c1-4-6-8(3)7-5-2/h1-2H3. The van der Waals surface area contributed by atoms with Crippen molar-refractivity contribution in [1.29, 1.82) is 0 Å². The van der Waals surface area contributed by atoms with E-state index in [2.05, 4.69) is 20.7 Å². The summed E-state index contributed by atoms with van der Waals surface area (Å²) in [6.07, 6.45) is 0. The third-order valence-electron chi connectivity index (χ3n) is 0.339. The lowest BCUT2D eigenvalue weighted by molar-refractivity contribution is -0.576. The molecule has 0 saturated carbocycles. The van der Waals surface area contributed by atoms with Crippen LogP contribution in [0.3, 0.4) is 0 Å². The molecule has 0 aromatic carbocycles. The van der Waals surface area contributed by atoms with Crippen molar-refractivity contribution in [3.8, 4) is 0 Å². The van der Waals surface area contributed by atoms with Crippen LogP contribution < -0.4 is 0 Å². The molecular weight excluding hydrogens is 108 g/mol. The van der Waals surface area contributed by atoms with E-state index >= 15 is 0 Å². The fourth-order valence-electron chi connectivity index (χ4n) is 0.178. The lowest BCUT2D eigenvalue weighted by Crippen LogP contribution is -1.81. The summed E-state index contributed by atoms with van der Waals surface area (Å²) in [6, 6.07) is 0. The first kappa shape index (κ1) is 6.80. The molecule has 6 heteroatoms. The molecule has 0 spiro atoms. The molecule has 0 aliphatic carbocycles. The summed E-state index contributed by atoms with van der Waals surface area (Å²) < 4.78 is 0. The van der Waals surface area contributed by atoms with Gasteiger partial charge >= 0.3 is 0 Å². The predicted molar refractivity (Wildman–Crippen MR) is 25.2 cm³/mol. The Labute approximate surface area is 46.4 Å². The molecule has 0 amide bonds. The van der Waals surface area contributed by atoms with Gasteiger partial charge in [-0.3, -0.25) is 0 Å². The second-order valence-corrected chi connectivity index (χ2v) is 0.847. The Hall–Kier alpha value is -1.20. The molecule has 0 aliphatic rings. The maximum Gasteiger partial charge on any atom is 0.0995 e. The van der Waals surface area contributed by atoms with Gasteiger partial charge in [-0.2, -0.15) is 5.53 Å². The van der Waals surface area contributed by atoms with Crippen LogP contribution in [0.1, 0.15) is 0 Å². The molecule has 0 aliphatic heterocycles. The van der Waals surface area contributed by atoms with Crippen LogP contribution in [0.2, 0.25) is 0 Å². The molecule has 0 radical (unpaired) electrons. The Morgan fingerprint density at radius 2 is 1.50 bits per heavy atom. The lowest BCUT2D eigenvalue weighted by Gasteiger charge is -1.85. The first-order valence-electron chi connectivity index (χ1n) is 1.89. The topological polar surface area (TPSA) is 74.8 Å². The first-order chi connectivity index (χ1) is 3.81. The van der Waals surface area contributed by atoms with Crippen molar-refractivity contribution >= 4 is 0 Å². The summed E-state index contributed by atoms with van der Waals surface area (Å²) in [5.74, 6) is 0. The minimum Gasteiger partial charge on any atom is -0.169 e. The zero-order chi connectivity index (χ0) is 6.41. The average molecular weight is 114 g/mol. The zero-order valence-electron chi connectivity index (χ0n) is 4.68. The Morgan fingerprint density at radius 3 is 1.75 bits per heavy atom. The van der Waals surface area contributed by atoms with Crippen molar-refractivity contribution in [2.45, 2.75) is 0 Å². The average Bonchev–Trinajstić information content (AvgIpc) is 1.68. The van der Waals surface area contributed by atoms with E-state index < -0.39 is 0 Å². The van der Waals surface area contributed by atoms with E-state index in [1.165, 1.54) is 14.1 Å². The summed E-state index contributed by atoms with van der Waals surface area (Å²) in [5, 5.41) is 12.5. The molecule has 6 nitrogen and oxygen atoms in total. The largest absolute Gasteiger partial charge is 0.169 e. The Kier molecular flexibility index (Phi) is 3.38. The van der Waals surface area contributed by atoms with Gasteiger partial charge in [0, 0.05) is 0 Å². The van der Waals surface area contributed by atoms with Gasteiger partial charge in [0.15, 0.2) is 0 Å². The Bertz CT molecular complexity index is 108. The third-order valence-corrected chi connectivity index (χ3v) is 0.339. The van der Waals surface area contributed by atoms with Gasteiger partial charge in [0.25, 0.3) is 0 Å². The van der Waals surface area contributed by atoms with Crippen LogP contribution in [0.25, 0.3) is 5.53 Å². The molecule has 0 atom stereocenters. The molecule has 44 valence electrons. The minimum atomic E-state index is 0.278. The molecule has 0 aromatic rings. The summed E-state index contributed by atoms with van der Waals surface area (Å²) >= 11 is 0. The van der Waals surface area contributed by atoms with Gasteiger partial charge in [-0.1, -0.05) is 10.4 Å². The maximum absolute atomic E-state index is 8.36. The molecular formula is C2H6N6. The van der Waals surface area contributed by atoms with Crippen LogP contribution in [0.5, 0.6) is 0 Å². The van der Waals surface area contributed by atoms with E-state index in [0.29, 0.717) is 0 Å². The van der Waals surface area contributed by atoms with Crippen LogP contribution in [-0.2, 0) is 0 Å². The van der Waals surface area contributed by atoms with E-state index in [9.17, 15) is 0 Å². The van der Waals surface area contributed by atoms with Gasteiger partial charge < -0.3 is 0 Å². The van der Waals surface area contributed by atoms with Gasteiger partial charge in [0.1, 0.15) is 0 Å². The van der Waals surface area contributed by atoms with Gasteiger partial charge in [-0.05, 0) is 0 Å². The number of hydrogen-bond acceptors (Lipinski definition) is 2. The molecule has 0 bridgehead atoms. The summed E-state index contributed by atoms with van der Waals surface area (Å²) in [5.41, 5.74) is 8.36. The van der Waals surface area contributed by atoms with Crippen LogP contribution in [0.15, 0.2) is 20.7 Å². The van der Waals surface area contributed by atoms with Crippen LogP contribution in [0.4, 0.5) is 0 Å². The third kappa shape index (κ3) is 3.01. The molecule has 0 rings (SSSR count). The zero-order valence-corrected chi connectivity index (χ0v) is 4.68. The van der Waals surface area contributed by atoms with Crippen LogP contribution in [0, 0.1) is 0 Å². The molecule has 8 heavy (non-hydrogen) atoms. The van der Waals surface area contributed by atoms with Crippen molar-refractivity contribution < 1.29 is 4.92 Å². The Balaban J connectivity index is 3.66. The maximum atomic E-state index is 8.36. The van der Waals surface area contributed by atoms with Crippen molar-refractivity contribution in [3.63, 3.8) is 0 Å². The lowest BCUT2D eigenvalue weighted by atomic mass is 11.5. The predicted octanol–water partition coefficient (Wildman–Crippen LogP) is 1.01. The summed E-state index contributed by atoms with van der Waals surface area (Å²) in [7, 11) is 2.82. The fourth-order valence-corrected chi connectivity index (χ4v) is 0.178. The molecule has 0 fully saturated rings. The normalized spacial score (nSPS) is 11.2. The number of rotatable bonds is 2. The molecule has 0 saturated heterocycles. The van der Waals surface area contributed by atoms with Gasteiger partial charge in [0.05, 0.1) is 14.1 Å². The number of nitrogens with zero attached hydrogens (tertiary/aromatic N) is 6. The van der Waals surface area contributed by atoms with Gasteiger partial charge in [0.2, 0.25) is 0 Å². The Morgan fingerprint density at radius 1 is 1.12 bits per heavy atom. The van der Waals surface area contributed by atoms with Crippen molar-refractivity contribution in [2.75, 3.05) is 14.1 Å². The fraction of sp³-hybridized carbons (Fsp3) is 1.00. The highest BCUT2D eigenvalue weighted by atomic mass is 15.7. The van der Waals surface area contributed by atoms with E-state index in [-0.39, 0.29) is 4.92 Å². The van der Waals surface area contributed by atoms with Gasteiger partial charge in [-0.15, -0.1) is 15.1 Å². The van der Waals surface area contributed by atoms with Crippen LogP contribution >= 0.6 is 0 Å². The van der Waals surface area contributed by atoms with Crippen molar-refractivity contribution in [1.82, 2.24) is 0 Å². The van der Waals surface area contributed by atoms with E-state index in [4.69, 9.17) is 5.53 Å². The second kappa shape index (κ2) is 3.97. The highest BCUT2D eigenvalue weighted by Gasteiger charge is 1.69. The highest BCUT2D eigenvalue weighted by Crippen LogP contribution is 1.78. The highest BCUT2D eigenvalue weighted by molar-refractivity contribution is 3.93. The molecule has 0 unspecified atom stereocenters. The van der Waals surface area contributed by atoms with Crippen molar-refractivity contribution in [2.24, 2.45) is 20.7 Å². The second-order valence-electron chi connectivity index (χ2n) is 0.847. The first-order valence-corrected chi connectivity index (χ1v) is 1.89. The summed E-state index contributed by atoms with van der Waals surface area (Å²) in [4.78, 5) is 0.278. The van der Waals surface area contributed by atoms with E-state index in [1.54, 1.807) is 0 Å². The monoisotopic (exact) mass is 114 g/mol. The number of hydrogen-bond donors (Lipinski definition) is 0. The molecule has 0 aromatic heterocycles. The van der Waals surface area contributed by atoms with E-state index in [0.717, 1.165) is 0 Å². The van der Waals surface area contributed by atoms with E-state index in [1.807, 2.05) is 0 Å². The van der Waals surface area contributed by atoms with Crippen LogP contribution in [-0.4, -0.2) is 19.0 Å². The molecule has 0 N–H and O–H groups in total. The smallest absolute Gasteiger partial charge is 0.0995 e. The van der Waals surface area contributed by atoms with Gasteiger partial charge in [-0.25, -0.2) is 0 Å². The SMILES string of the molecule is CN=N[N+](=[N-])N=NC. The minimum absolute atomic E-state index is 0.278.